The zero-order valence-corrected chi connectivity index (χ0v) is 21.3. The van der Waals surface area contributed by atoms with Crippen LogP contribution in [0.1, 0.15) is 38.8 Å². The number of aliphatic imine (C=N–C) groups is 1. The molecule has 31 heavy (non-hydrogen) atoms. The van der Waals surface area contributed by atoms with E-state index < -0.39 is 5.60 Å². The Labute approximate surface area is 201 Å². The molecule has 1 aliphatic rings. The molecule has 8 nitrogen and oxygen atoms in total. The minimum absolute atomic E-state index is 0. The Bertz CT molecular complexity index is 895. The van der Waals surface area contributed by atoms with Crippen LogP contribution in [0.3, 0.4) is 0 Å². The van der Waals surface area contributed by atoms with E-state index in [0.717, 1.165) is 29.2 Å². The molecule has 0 saturated carbocycles. The molecule has 9 heteroatoms. The Morgan fingerprint density at radius 3 is 2.52 bits per heavy atom. The number of fused-ring (bicyclic) bond motifs is 1. The summed E-state index contributed by atoms with van der Waals surface area (Å²) in [5, 5.41) is 21.5. The highest BCUT2D eigenvalue weighted by molar-refractivity contribution is 14.0. The number of rotatable bonds is 7. The molecule has 1 unspecified atom stereocenters. The number of aryl methyl sites for hydroxylation is 1. The molecule has 1 atom stereocenters. The Balaban J connectivity index is 0.00000341. The van der Waals surface area contributed by atoms with E-state index in [9.17, 15) is 5.11 Å². The van der Waals surface area contributed by atoms with E-state index in [1.54, 1.807) is 17.8 Å². The van der Waals surface area contributed by atoms with Crippen LogP contribution in [-0.4, -0.2) is 53.7 Å². The van der Waals surface area contributed by atoms with Crippen molar-refractivity contribution < 1.29 is 14.6 Å². The van der Waals surface area contributed by atoms with Crippen molar-refractivity contribution in [3.8, 4) is 11.5 Å². The average Bonchev–Trinajstić information content (AvgIpc) is 3.17. The molecular weight excluding hydrogens is 509 g/mol. The molecule has 0 spiro atoms. The molecule has 172 valence electrons. The highest BCUT2D eigenvalue weighted by atomic mass is 127. The summed E-state index contributed by atoms with van der Waals surface area (Å²) in [7, 11) is 1.83. The summed E-state index contributed by atoms with van der Waals surface area (Å²) in [5.41, 5.74) is 0.624. The number of hydrogen-bond acceptors (Lipinski definition) is 5. The van der Waals surface area contributed by atoms with E-state index in [1.165, 1.54) is 0 Å². The molecule has 3 rings (SSSR count). The van der Waals surface area contributed by atoms with Crippen LogP contribution in [0.5, 0.6) is 11.5 Å². The Morgan fingerprint density at radius 2 is 1.87 bits per heavy atom. The van der Waals surface area contributed by atoms with Crippen LogP contribution in [0, 0.1) is 0 Å². The molecule has 1 aliphatic heterocycles. The van der Waals surface area contributed by atoms with Crippen molar-refractivity contribution in [1.29, 1.82) is 0 Å². The third-order valence-electron chi connectivity index (χ3n) is 5.23. The molecular formula is C22H34IN5O3. The van der Waals surface area contributed by atoms with Crippen LogP contribution in [0.15, 0.2) is 35.6 Å². The van der Waals surface area contributed by atoms with Gasteiger partial charge in [-0.3, -0.25) is 9.67 Å². The van der Waals surface area contributed by atoms with Crippen molar-refractivity contribution in [3.05, 3.63) is 41.7 Å². The minimum Gasteiger partial charge on any atom is -0.486 e. The van der Waals surface area contributed by atoms with Crippen LogP contribution >= 0.6 is 24.0 Å². The van der Waals surface area contributed by atoms with Gasteiger partial charge < -0.3 is 25.2 Å². The lowest BCUT2D eigenvalue weighted by Crippen LogP contribution is -2.45. The van der Waals surface area contributed by atoms with Crippen LogP contribution in [0.25, 0.3) is 0 Å². The van der Waals surface area contributed by atoms with Gasteiger partial charge >= 0.3 is 0 Å². The van der Waals surface area contributed by atoms with E-state index in [4.69, 9.17) is 14.5 Å². The number of nitrogens with zero attached hydrogens (tertiary/aromatic N) is 3. The van der Waals surface area contributed by atoms with Gasteiger partial charge in [0.1, 0.15) is 18.8 Å². The predicted octanol–water partition coefficient (Wildman–Crippen LogP) is 2.55. The summed E-state index contributed by atoms with van der Waals surface area (Å²) >= 11 is 0. The molecule has 0 radical (unpaired) electrons. The molecule has 2 heterocycles. The quantitative estimate of drug-likeness (QED) is 0.283. The maximum atomic E-state index is 10.8. The van der Waals surface area contributed by atoms with Crippen LogP contribution < -0.4 is 20.1 Å². The maximum Gasteiger partial charge on any atom is 0.191 e. The number of aliphatic hydroxyl groups is 1. The predicted molar refractivity (Wildman–Crippen MR) is 133 cm³/mol. The second-order valence-corrected chi connectivity index (χ2v) is 8.47. The molecule has 1 aromatic carbocycles. The highest BCUT2D eigenvalue weighted by Crippen LogP contribution is 2.35. The second-order valence-electron chi connectivity index (χ2n) is 8.47. The molecule has 0 saturated heterocycles. The van der Waals surface area contributed by atoms with Gasteiger partial charge in [0.25, 0.3) is 0 Å². The van der Waals surface area contributed by atoms with E-state index in [-0.39, 0.29) is 29.4 Å². The first-order chi connectivity index (χ1) is 14.2. The number of ether oxygens (including phenoxy) is 2. The first-order valence-electron chi connectivity index (χ1n) is 10.3. The maximum absolute atomic E-state index is 10.8. The van der Waals surface area contributed by atoms with Gasteiger partial charge in [-0.1, -0.05) is 19.9 Å². The fraction of sp³-hybridized carbons (Fsp3) is 0.545. The smallest absolute Gasteiger partial charge is 0.191 e. The van der Waals surface area contributed by atoms with Gasteiger partial charge in [0.2, 0.25) is 0 Å². The van der Waals surface area contributed by atoms with Gasteiger partial charge in [0.05, 0.1) is 19.3 Å². The first kappa shape index (κ1) is 25.3. The Kier molecular flexibility index (Phi) is 8.58. The van der Waals surface area contributed by atoms with E-state index in [2.05, 4.69) is 35.6 Å². The van der Waals surface area contributed by atoms with Crippen LogP contribution in [-0.2, 0) is 18.1 Å². The summed E-state index contributed by atoms with van der Waals surface area (Å²) in [5.74, 6) is 2.23. The van der Waals surface area contributed by atoms with Crippen molar-refractivity contribution in [2.24, 2.45) is 12.0 Å². The largest absolute Gasteiger partial charge is 0.486 e. The molecule has 0 fully saturated rings. The molecule has 3 N–H and O–H groups in total. The number of benzene rings is 1. The zero-order valence-electron chi connectivity index (χ0n) is 18.9. The molecule has 0 bridgehead atoms. The van der Waals surface area contributed by atoms with Gasteiger partial charge in [0, 0.05) is 30.8 Å². The fourth-order valence-corrected chi connectivity index (χ4v) is 3.23. The van der Waals surface area contributed by atoms with Gasteiger partial charge in [-0.2, -0.15) is 5.10 Å². The minimum atomic E-state index is -1.06. The number of hydrogen-bond donors (Lipinski definition) is 3. The lowest BCUT2D eigenvalue weighted by molar-refractivity contribution is 0.0616. The SMILES string of the molecule is CCNC(=NCC(C)(C)c1ccc2c(c1)OCCO2)NCC(C)(O)c1cnn(C)c1.I. The lowest BCUT2D eigenvalue weighted by Gasteiger charge is -2.27. The van der Waals surface area contributed by atoms with E-state index in [0.29, 0.717) is 32.3 Å². The van der Waals surface area contributed by atoms with E-state index in [1.807, 2.05) is 32.3 Å². The van der Waals surface area contributed by atoms with E-state index >= 15 is 0 Å². The van der Waals surface area contributed by atoms with Gasteiger partial charge in [-0.25, -0.2) is 0 Å². The van der Waals surface area contributed by atoms with Crippen molar-refractivity contribution in [2.45, 2.75) is 38.7 Å². The number of guanidine groups is 1. The topological polar surface area (TPSA) is 92.9 Å². The Hall–Kier alpha value is -2.01. The summed E-state index contributed by atoms with van der Waals surface area (Å²) in [4.78, 5) is 4.77. The molecule has 0 aliphatic carbocycles. The average molecular weight is 543 g/mol. The third kappa shape index (κ3) is 6.49. The van der Waals surface area contributed by atoms with Crippen LogP contribution in [0.4, 0.5) is 0 Å². The van der Waals surface area contributed by atoms with Gasteiger partial charge in [-0.15, -0.1) is 24.0 Å². The standard InChI is InChI=1S/C22H33N5O3.HI/c1-6-23-20(25-15-22(4,28)17-12-26-27(5)13-17)24-14-21(2,3)16-7-8-18-19(11-16)30-10-9-29-18;/h7-8,11-13,28H,6,9-10,14-15H2,1-5H3,(H2,23,24,25);1H. The normalized spacial score (nSPS) is 15.6. The zero-order chi connectivity index (χ0) is 21.8. The molecule has 1 aromatic heterocycles. The van der Waals surface area contributed by atoms with Crippen LogP contribution in [0.2, 0.25) is 0 Å². The molecule has 0 amide bonds. The number of nitrogens with one attached hydrogen (secondary N) is 2. The number of halogens is 1. The van der Waals surface area contributed by atoms with Crippen molar-refractivity contribution in [2.75, 3.05) is 32.8 Å². The van der Waals surface area contributed by atoms with Gasteiger partial charge in [0.15, 0.2) is 17.5 Å². The lowest BCUT2D eigenvalue weighted by atomic mass is 9.84. The number of aromatic nitrogens is 2. The monoisotopic (exact) mass is 543 g/mol. The van der Waals surface area contributed by atoms with Gasteiger partial charge in [-0.05, 0) is 31.5 Å². The summed E-state index contributed by atoms with van der Waals surface area (Å²) in [6.45, 7) is 10.8. The van der Waals surface area contributed by atoms with Crippen molar-refractivity contribution in [1.82, 2.24) is 20.4 Å². The second kappa shape index (κ2) is 10.5. The highest BCUT2D eigenvalue weighted by Gasteiger charge is 2.26. The summed E-state index contributed by atoms with van der Waals surface area (Å²) in [6, 6.07) is 6.07. The summed E-state index contributed by atoms with van der Waals surface area (Å²) < 4.78 is 13.0. The first-order valence-corrected chi connectivity index (χ1v) is 10.3. The third-order valence-corrected chi connectivity index (χ3v) is 5.23. The van der Waals surface area contributed by atoms with Crippen molar-refractivity contribution in [3.63, 3.8) is 0 Å². The molecule has 2 aromatic rings. The van der Waals surface area contributed by atoms with Crippen molar-refractivity contribution >= 4 is 29.9 Å². The Morgan fingerprint density at radius 1 is 1.16 bits per heavy atom. The summed E-state index contributed by atoms with van der Waals surface area (Å²) in [6.07, 6.45) is 3.49. The fourth-order valence-electron chi connectivity index (χ4n) is 3.23.